The van der Waals surface area contributed by atoms with Crippen molar-refractivity contribution in [2.24, 2.45) is 0 Å². The highest BCUT2D eigenvalue weighted by molar-refractivity contribution is 9.10. The summed E-state index contributed by atoms with van der Waals surface area (Å²) in [7, 11) is 0. The third-order valence-corrected chi connectivity index (χ3v) is 4.92. The Labute approximate surface area is 134 Å². The molecule has 0 radical (unpaired) electrons. The molecule has 1 aliphatic rings. The molecule has 1 unspecified atom stereocenters. The Morgan fingerprint density at radius 2 is 1.95 bits per heavy atom. The molecule has 0 fully saturated rings. The smallest absolute Gasteiger partial charge is 0.124 e. The highest BCUT2D eigenvalue weighted by atomic mass is 79.9. The van der Waals surface area contributed by atoms with Crippen molar-refractivity contribution in [2.75, 3.05) is 6.61 Å². The zero-order chi connectivity index (χ0) is 14.1. The van der Waals surface area contributed by atoms with E-state index in [1.807, 2.05) is 18.2 Å². The number of aryl methyl sites for hydroxylation is 1. The number of fused-ring (bicyclic) bond motifs is 1. The van der Waals surface area contributed by atoms with Gasteiger partial charge in [0, 0.05) is 4.47 Å². The van der Waals surface area contributed by atoms with Crippen LogP contribution in [-0.2, 0) is 6.42 Å². The molecule has 0 N–H and O–H groups in total. The van der Waals surface area contributed by atoms with E-state index in [4.69, 9.17) is 4.74 Å². The fraction of sp³-hybridized carbons (Fsp3) is 0.250. The second-order valence-electron chi connectivity index (χ2n) is 4.88. The fourth-order valence-corrected chi connectivity index (χ4v) is 3.48. The van der Waals surface area contributed by atoms with Crippen LogP contribution < -0.4 is 4.74 Å². The van der Waals surface area contributed by atoms with Gasteiger partial charge in [-0.05, 0) is 53.8 Å². The predicted molar refractivity (Wildman–Crippen MR) is 85.1 cm³/mol. The third-order valence-electron chi connectivity index (χ3n) is 3.40. The number of alkyl halides is 1. The molecule has 2 aromatic carbocycles. The van der Waals surface area contributed by atoms with Gasteiger partial charge in [-0.3, -0.25) is 0 Å². The van der Waals surface area contributed by atoms with Crippen molar-refractivity contribution >= 4 is 31.9 Å². The van der Waals surface area contributed by atoms with E-state index in [2.05, 4.69) is 37.9 Å². The molecule has 2 aromatic rings. The van der Waals surface area contributed by atoms with Crippen LogP contribution in [0.3, 0.4) is 0 Å². The highest BCUT2D eigenvalue weighted by Crippen LogP contribution is 2.36. The lowest BCUT2D eigenvalue weighted by Crippen LogP contribution is -2.08. The summed E-state index contributed by atoms with van der Waals surface area (Å²) in [4.78, 5) is -0.0262. The molecule has 0 bridgehead atoms. The summed E-state index contributed by atoms with van der Waals surface area (Å²) in [5, 5.41) is 0. The Morgan fingerprint density at radius 1 is 1.10 bits per heavy atom. The van der Waals surface area contributed by atoms with E-state index in [1.165, 1.54) is 11.6 Å². The van der Waals surface area contributed by atoms with Crippen molar-refractivity contribution < 1.29 is 9.13 Å². The molecule has 1 nitrogen and oxygen atoms in total. The lowest BCUT2D eigenvalue weighted by molar-refractivity contribution is 0.288. The van der Waals surface area contributed by atoms with Crippen molar-refractivity contribution in [3.05, 3.63) is 63.4 Å². The molecular formula is C16H13Br2FO. The molecule has 4 heteroatoms. The summed E-state index contributed by atoms with van der Waals surface area (Å²) in [6.45, 7) is 0.793. The fourth-order valence-electron chi connectivity index (χ4n) is 2.45. The van der Waals surface area contributed by atoms with Crippen molar-refractivity contribution in [1.29, 1.82) is 0 Å². The molecule has 0 saturated carbocycles. The van der Waals surface area contributed by atoms with E-state index in [-0.39, 0.29) is 10.6 Å². The van der Waals surface area contributed by atoms with Crippen LogP contribution in [0.2, 0.25) is 0 Å². The number of rotatable bonds is 2. The van der Waals surface area contributed by atoms with Crippen LogP contribution in [0.1, 0.15) is 27.9 Å². The van der Waals surface area contributed by atoms with Crippen molar-refractivity contribution in [3.8, 4) is 5.75 Å². The summed E-state index contributed by atoms with van der Waals surface area (Å²) in [6.07, 6.45) is 2.09. The van der Waals surface area contributed by atoms with Gasteiger partial charge in [-0.25, -0.2) is 4.39 Å². The molecule has 1 heterocycles. The van der Waals surface area contributed by atoms with Gasteiger partial charge in [-0.2, -0.15) is 0 Å². The van der Waals surface area contributed by atoms with E-state index in [0.29, 0.717) is 0 Å². The Hall–Kier alpha value is -0.870. The van der Waals surface area contributed by atoms with Crippen molar-refractivity contribution in [2.45, 2.75) is 17.7 Å². The summed E-state index contributed by atoms with van der Waals surface area (Å²) in [5.41, 5.74) is 3.24. The van der Waals surface area contributed by atoms with Crippen LogP contribution in [0.4, 0.5) is 4.39 Å². The van der Waals surface area contributed by atoms with Crippen LogP contribution in [0, 0.1) is 5.82 Å². The molecule has 1 atom stereocenters. The van der Waals surface area contributed by atoms with Gasteiger partial charge in [0.1, 0.15) is 11.6 Å². The monoisotopic (exact) mass is 398 g/mol. The number of hydrogen-bond donors (Lipinski definition) is 0. The van der Waals surface area contributed by atoms with Crippen LogP contribution >= 0.6 is 31.9 Å². The number of ether oxygens (including phenoxy) is 1. The van der Waals surface area contributed by atoms with Gasteiger partial charge in [0.25, 0.3) is 0 Å². The topological polar surface area (TPSA) is 9.23 Å². The lowest BCUT2D eigenvalue weighted by atomic mass is 9.99. The lowest BCUT2D eigenvalue weighted by Gasteiger charge is -2.19. The molecule has 20 heavy (non-hydrogen) atoms. The quantitative estimate of drug-likeness (QED) is 0.614. The Bertz CT molecular complexity index is 622. The van der Waals surface area contributed by atoms with Gasteiger partial charge in [0.2, 0.25) is 0 Å². The summed E-state index contributed by atoms with van der Waals surface area (Å²) in [6, 6.07) is 11.1. The van der Waals surface area contributed by atoms with E-state index < -0.39 is 0 Å². The number of benzene rings is 2. The van der Waals surface area contributed by atoms with Gasteiger partial charge in [0.05, 0.1) is 11.4 Å². The van der Waals surface area contributed by atoms with E-state index in [0.717, 1.165) is 40.8 Å². The van der Waals surface area contributed by atoms with Crippen LogP contribution in [0.25, 0.3) is 0 Å². The minimum Gasteiger partial charge on any atom is -0.493 e. The predicted octanol–water partition coefficient (Wildman–Crippen LogP) is 5.40. The Kier molecular flexibility index (Phi) is 4.13. The molecule has 3 rings (SSSR count). The second-order valence-corrected chi connectivity index (χ2v) is 6.72. The molecule has 0 aromatic heterocycles. The molecule has 104 valence electrons. The molecule has 0 spiro atoms. The third kappa shape index (κ3) is 2.91. The van der Waals surface area contributed by atoms with Crippen LogP contribution in [0.5, 0.6) is 5.75 Å². The van der Waals surface area contributed by atoms with Gasteiger partial charge in [0.15, 0.2) is 0 Å². The molecule has 1 aliphatic heterocycles. The van der Waals surface area contributed by atoms with Gasteiger partial charge in [-0.15, -0.1) is 0 Å². The Balaban J connectivity index is 1.95. The van der Waals surface area contributed by atoms with Crippen molar-refractivity contribution in [1.82, 2.24) is 0 Å². The van der Waals surface area contributed by atoms with Gasteiger partial charge in [-0.1, -0.05) is 44.0 Å². The molecule has 0 amide bonds. The zero-order valence-corrected chi connectivity index (χ0v) is 13.9. The maximum absolute atomic E-state index is 13.5. The first-order valence-corrected chi connectivity index (χ1v) is 8.20. The first-order valence-electron chi connectivity index (χ1n) is 6.49. The minimum absolute atomic E-state index is 0.0262. The first kappa shape index (κ1) is 14.1. The summed E-state index contributed by atoms with van der Waals surface area (Å²) in [5.74, 6) is 0.736. The molecule has 0 saturated heterocycles. The number of hydrogen-bond acceptors (Lipinski definition) is 1. The van der Waals surface area contributed by atoms with E-state index in [9.17, 15) is 4.39 Å². The highest BCUT2D eigenvalue weighted by Gasteiger charge is 2.16. The Morgan fingerprint density at radius 3 is 2.75 bits per heavy atom. The maximum Gasteiger partial charge on any atom is 0.124 e. The average Bonchev–Trinajstić information content (AvgIpc) is 2.45. The number of halogens is 3. The zero-order valence-electron chi connectivity index (χ0n) is 10.7. The maximum atomic E-state index is 13.5. The molecule has 0 aliphatic carbocycles. The normalized spacial score (nSPS) is 15.3. The second kappa shape index (κ2) is 5.86. The van der Waals surface area contributed by atoms with Gasteiger partial charge < -0.3 is 4.74 Å². The van der Waals surface area contributed by atoms with Crippen LogP contribution in [0.15, 0.2) is 40.9 Å². The average molecular weight is 400 g/mol. The summed E-state index contributed by atoms with van der Waals surface area (Å²) >= 11 is 7.00. The van der Waals surface area contributed by atoms with Crippen LogP contribution in [-0.4, -0.2) is 6.61 Å². The van der Waals surface area contributed by atoms with Crippen molar-refractivity contribution in [3.63, 3.8) is 0 Å². The first-order chi connectivity index (χ1) is 9.63. The standard InChI is InChI=1S/C16H13Br2FO/c17-13-7-12(8-14(19)9-13)16(18)11-3-4-15-10(6-11)2-1-5-20-15/h3-4,6-9,16H,1-2,5H2. The van der Waals surface area contributed by atoms with E-state index >= 15 is 0 Å². The minimum atomic E-state index is -0.236. The summed E-state index contributed by atoms with van der Waals surface area (Å²) < 4.78 is 19.9. The SMILES string of the molecule is Fc1cc(Br)cc(C(Br)c2ccc3c(c2)CCCO3)c1. The van der Waals surface area contributed by atoms with Gasteiger partial charge >= 0.3 is 0 Å². The molecular weight excluding hydrogens is 387 g/mol. The largest absolute Gasteiger partial charge is 0.493 e. The van der Waals surface area contributed by atoms with E-state index in [1.54, 1.807) is 6.07 Å².